The van der Waals surface area contributed by atoms with Gasteiger partial charge in [-0.05, 0) is 77.0 Å². The van der Waals surface area contributed by atoms with Gasteiger partial charge < -0.3 is 14.2 Å². The third-order valence-electron chi connectivity index (χ3n) is 13.6. The molecule has 6 nitrogen and oxygen atoms in total. The van der Waals surface area contributed by atoms with Gasteiger partial charge in [0, 0.05) is 19.3 Å². The van der Waals surface area contributed by atoms with Crippen LogP contribution in [0, 0.1) is 0 Å². The lowest BCUT2D eigenvalue weighted by Crippen LogP contribution is -2.30. The van der Waals surface area contributed by atoms with Gasteiger partial charge in [0.15, 0.2) is 6.10 Å². The summed E-state index contributed by atoms with van der Waals surface area (Å²) < 4.78 is 16.8. The van der Waals surface area contributed by atoms with Crippen molar-refractivity contribution in [3.8, 4) is 0 Å². The Morgan fingerprint density at radius 2 is 0.529 bits per heavy atom. The normalized spacial score (nSPS) is 12.3. The van der Waals surface area contributed by atoms with Crippen molar-refractivity contribution in [2.45, 2.75) is 329 Å². The lowest BCUT2D eigenvalue weighted by molar-refractivity contribution is -0.167. The van der Waals surface area contributed by atoms with Gasteiger partial charge in [0.2, 0.25) is 0 Å². The summed E-state index contributed by atoms with van der Waals surface area (Å²) in [5.74, 6) is -0.869. The zero-order chi connectivity index (χ0) is 50.7. The highest BCUT2D eigenvalue weighted by atomic mass is 16.6. The molecule has 0 spiro atoms. The zero-order valence-corrected chi connectivity index (χ0v) is 46.8. The molecular formula is C64H116O6. The summed E-state index contributed by atoms with van der Waals surface area (Å²) in [5.41, 5.74) is 0. The van der Waals surface area contributed by atoms with Crippen molar-refractivity contribution in [1.82, 2.24) is 0 Å². The van der Waals surface area contributed by atoms with Gasteiger partial charge in [0.05, 0.1) is 0 Å². The monoisotopic (exact) mass is 981 g/mol. The lowest BCUT2D eigenvalue weighted by Gasteiger charge is -2.18. The van der Waals surface area contributed by atoms with Crippen LogP contribution in [0.25, 0.3) is 0 Å². The highest BCUT2D eigenvalue weighted by Crippen LogP contribution is 2.17. The van der Waals surface area contributed by atoms with Crippen molar-refractivity contribution in [2.75, 3.05) is 13.2 Å². The van der Waals surface area contributed by atoms with Crippen LogP contribution in [0.5, 0.6) is 0 Å². The van der Waals surface area contributed by atoms with E-state index in [1.54, 1.807) is 0 Å². The Kier molecular flexibility index (Phi) is 56.7. The molecule has 0 aliphatic carbocycles. The van der Waals surface area contributed by atoms with Gasteiger partial charge in [0.1, 0.15) is 13.2 Å². The summed E-state index contributed by atoms with van der Waals surface area (Å²) in [6, 6.07) is 0. The number of hydrogen-bond donors (Lipinski definition) is 0. The van der Waals surface area contributed by atoms with Crippen LogP contribution in [-0.2, 0) is 28.6 Å². The number of hydrogen-bond acceptors (Lipinski definition) is 6. The Bertz CT molecular complexity index is 1220. The molecule has 1 unspecified atom stereocenters. The van der Waals surface area contributed by atoms with E-state index >= 15 is 0 Å². The van der Waals surface area contributed by atoms with Gasteiger partial charge in [-0.3, -0.25) is 14.4 Å². The fraction of sp³-hybridized carbons (Fsp3) is 0.828. The molecule has 408 valence electrons. The minimum Gasteiger partial charge on any atom is -0.462 e. The predicted molar refractivity (Wildman–Crippen MR) is 302 cm³/mol. The maximum Gasteiger partial charge on any atom is 0.306 e. The molecule has 0 bridgehead atoms. The van der Waals surface area contributed by atoms with Crippen LogP contribution in [-0.4, -0.2) is 37.2 Å². The molecule has 0 heterocycles. The summed E-state index contributed by atoms with van der Waals surface area (Å²) in [6.45, 7) is 6.61. The smallest absolute Gasteiger partial charge is 0.306 e. The highest BCUT2D eigenvalue weighted by Gasteiger charge is 2.19. The summed E-state index contributed by atoms with van der Waals surface area (Å²) in [4.78, 5) is 38.1. The molecule has 0 aromatic carbocycles. The molecule has 6 heteroatoms. The van der Waals surface area contributed by atoms with E-state index in [2.05, 4.69) is 69.4 Å². The molecule has 0 saturated heterocycles. The zero-order valence-electron chi connectivity index (χ0n) is 46.8. The summed E-state index contributed by atoms with van der Waals surface area (Å²) in [5, 5.41) is 0. The van der Waals surface area contributed by atoms with Crippen molar-refractivity contribution < 1.29 is 28.6 Å². The molecule has 0 N–H and O–H groups in total. The highest BCUT2D eigenvalue weighted by molar-refractivity contribution is 5.71. The number of esters is 3. The van der Waals surface area contributed by atoms with E-state index in [1.807, 2.05) is 0 Å². The van der Waals surface area contributed by atoms with Crippen LogP contribution in [0.4, 0.5) is 0 Å². The molecule has 0 aliphatic rings. The largest absolute Gasteiger partial charge is 0.462 e. The minimum atomic E-state index is -0.772. The number of allylic oxidation sites excluding steroid dienone is 8. The third kappa shape index (κ3) is 56.3. The third-order valence-corrected chi connectivity index (χ3v) is 13.6. The van der Waals surface area contributed by atoms with Crippen molar-refractivity contribution in [2.24, 2.45) is 0 Å². The van der Waals surface area contributed by atoms with E-state index in [4.69, 9.17) is 14.2 Å². The molecule has 70 heavy (non-hydrogen) atoms. The number of rotatable bonds is 56. The van der Waals surface area contributed by atoms with E-state index < -0.39 is 6.10 Å². The average molecular weight is 982 g/mol. The maximum atomic E-state index is 12.8. The van der Waals surface area contributed by atoms with Gasteiger partial charge in [0.25, 0.3) is 0 Å². The molecule has 0 aromatic heterocycles. The van der Waals surface area contributed by atoms with Crippen LogP contribution in [0.15, 0.2) is 48.6 Å². The number of ether oxygens (including phenoxy) is 3. The lowest BCUT2D eigenvalue weighted by atomic mass is 10.0. The first-order chi connectivity index (χ1) is 34.5. The van der Waals surface area contributed by atoms with Crippen LogP contribution in [0.1, 0.15) is 323 Å². The topological polar surface area (TPSA) is 78.9 Å². The van der Waals surface area contributed by atoms with Crippen molar-refractivity contribution >= 4 is 17.9 Å². The first-order valence-electron chi connectivity index (χ1n) is 30.6. The average Bonchev–Trinajstić information content (AvgIpc) is 3.36. The Labute approximate surface area is 435 Å². The van der Waals surface area contributed by atoms with Gasteiger partial charge >= 0.3 is 17.9 Å². The Hall–Kier alpha value is -2.63. The standard InChI is InChI=1S/C64H116O6/c1-4-7-10-13-16-19-22-24-25-26-27-28-29-30-31-32-33-34-35-36-37-38-39-40-43-45-48-51-54-57-63(66)69-60-61(59-68-62(65)56-53-50-47-44-41-21-18-15-12-9-6-3)70-64(67)58-55-52-49-46-42-23-20-17-14-11-8-5-2/h15,18,22,24,26-27,29-30,61H,4-14,16-17,19-21,23,25,28,31-60H2,1-3H3/b18-15-,24-22-,27-26-,30-29-. The second kappa shape index (κ2) is 58.9. The molecule has 0 rings (SSSR count). The summed E-state index contributed by atoms with van der Waals surface area (Å²) in [7, 11) is 0. The van der Waals surface area contributed by atoms with Crippen LogP contribution < -0.4 is 0 Å². The van der Waals surface area contributed by atoms with E-state index in [1.165, 1.54) is 205 Å². The van der Waals surface area contributed by atoms with Crippen molar-refractivity contribution in [1.29, 1.82) is 0 Å². The van der Waals surface area contributed by atoms with Crippen molar-refractivity contribution in [3.63, 3.8) is 0 Å². The molecular weight excluding hydrogens is 865 g/mol. The Morgan fingerprint density at radius 3 is 0.857 bits per heavy atom. The number of carbonyl (C=O) groups is 3. The predicted octanol–water partition coefficient (Wildman–Crippen LogP) is 20.6. The summed E-state index contributed by atoms with van der Waals surface area (Å²) in [6.07, 6.45) is 72.7. The van der Waals surface area contributed by atoms with Crippen LogP contribution in [0.3, 0.4) is 0 Å². The second-order valence-corrected chi connectivity index (χ2v) is 20.6. The maximum absolute atomic E-state index is 12.8. The number of carbonyl (C=O) groups excluding carboxylic acids is 3. The van der Waals surface area contributed by atoms with Gasteiger partial charge in [-0.1, -0.05) is 275 Å². The van der Waals surface area contributed by atoms with E-state index in [9.17, 15) is 14.4 Å². The fourth-order valence-corrected chi connectivity index (χ4v) is 8.90. The Morgan fingerprint density at radius 1 is 0.286 bits per heavy atom. The molecule has 0 aliphatic heterocycles. The SMILES string of the molecule is CCCC/C=C\CCCCCCCC(=O)OCC(COC(=O)CCCCCCCCCCCCCCCC/C=C\C/C=C\C/C=C\CCCCCCC)OC(=O)CCCCCCCCCCCCCC. The van der Waals surface area contributed by atoms with E-state index in [-0.39, 0.29) is 31.1 Å². The van der Waals surface area contributed by atoms with Crippen LogP contribution in [0.2, 0.25) is 0 Å². The van der Waals surface area contributed by atoms with E-state index in [0.29, 0.717) is 19.3 Å². The molecule has 1 atom stereocenters. The first kappa shape index (κ1) is 67.4. The van der Waals surface area contributed by atoms with E-state index in [0.717, 1.165) is 77.0 Å². The fourth-order valence-electron chi connectivity index (χ4n) is 8.90. The quantitative estimate of drug-likeness (QED) is 0.0261. The summed E-state index contributed by atoms with van der Waals surface area (Å²) >= 11 is 0. The second-order valence-electron chi connectivity index (χ2n) is 20.6. The van der Waals surface area contributed by atoms with Gasteiger partial charge in [-0.25, -0.2) is 0 Å². The van der Waals surface area contributed by atoms with Gasteiger partial charge in [-0.15, -0.1) is 0 Å². The van der Waals surface area contributed by atoms with Gasteiger partial charge in [-0.2, -0.15) is 0 Å². The minimum absolute atomic E-state index is 0.0723. The first-order valence-corrected chi connectivity index (χ1v) is 30.6. The molecule has 0 amide bonds. The molecule has 0 radical (unpaired) electrons. The molecule has 0 fully saturated rings. The number of unbranched alkanes of at least 4 members (excludes halogenated alkanes) is 37. The molecule has 0 aromatic rings. The Balaban J connectivity index is 4.12. The van der Waals surface area contributed by atoms with Crippen molar-refractivity contribution in [3.05, 3.63) is 48.6 Å². The molecule has 0 saturated carbocycles. The van der Waals surface area contributed by atoms with Crippen LogP contribution >= 0.6 is 0 Å².